The first-order valence-electron chi connectivity index (χ1n) is 5.23. The number of rotatable bonds is 3. The molecule has 1 heterocycles. The molecule has 0 aliphatic rings. The molecule has 0 unspecified atom stereocenters. The van der Waals surface area contributed by atoms with Crippen LogP contribution in [0.3, 0.4) is 0 Å². The van der Waals surface area contributed by atoms with E-state index >= 15 is 0 Å². The van der Waals surface area contributed by atoms with Gasteiger partial charge in [-0.25, -0.2) is 9.37 Å². The van der Waals surface area contributed by atoms with Gasteiger partial charge >= 0.3 is 0 Å². The van der Waals surface area contributed by atoms with Crippen LogP contribution in [-0.4, -0.2) is 21.7 Å². The van der Waals surface area contributed by atoms with Crippen LogP contribution in [0.5, 0.6) is 0 Å². The first-order chi connectivity index (χ1) is 8.11. The fraction of sp³-hybridized carbons (Fsp3) is 0.250. The maximum atomic E-state index is 13.7. The average Bonchev–Trinajstić information content (AvgIpc) is 2.64. The van der Waals surface area contributed by atoms with E-state index in [1.54, 1.807) is 6.07 Å². The van der Waals surface area contributed by atoms with Gasteiger partial charge in [-0.1, -0.05) is 11.6 Å². The van der Waals surface area contributed by atoms with Crippen molar-refractivity contribution in [3.05, 3.63) is 40.6 Å². The minimum atomic E-state index is -0.362. The molecule has 17 heavy (non-hydrogen) atoms. The molecular weight excluding hydrogens is 243 g/mol. The molecule has 0 saturated heterocycles. The van der Waals surface area contributed by atoms with Gasteiger partial charge in [0.25, 0.3) is 0 Å². The second-order valence-corrected chi connectivity index (χ2v) is 4.19. The Labute approximate surface area is 103 Å². The fourth-order valence-corrected chi connectivity index (χ4v) is 1.86. The van der Waals surface area contributed by atoms with Gasteiger partial charge in [0.2, 0.25) is 0 Å². The molecule has 2 N–H and O–H groups in total. The summed E-state index contributed by atoms with van der Waals surface area (Å²) in [7, 11) is 0. The summed E-state index contributed by atoms with van der Waals surface area (Å²) >= 11 is 5.84. The summed E-state index contributed by atoms with van der Waals surface area (Å²) in [5.41, 5.74) is 1.67. The quantitative estimate of drug-likeness (QED) is 0.885. The zero-order chi connectivity index (χ0) is 12.4. The number of H-pyrrole nitrogens is 1. The van der Waals surface area contributed by atoms with Crippen molar-refractivity contribution in [2.24, 2.45) is 0 Å². The van der Waals surface area contributed by atoms with Crippen LogP contribution in [0, 0.1) is 12.7 Å². The van der Waals surface area contributed by atoms with Gasteiger partial charge in [-0.3, -0.25) is 0 Å². The summed E-state index contributed by atoms with van der Waals surface area (Å²) < 4.78 is 13.7. The number of hydrogen-bond acceptors (Lipinski definition) is 2. The third-order valence-electron chi connectivity index (χ3n) is 2.47. The number of benzene rings is 1. The molecule has 0 fully saturated rings. The van der Waals surface area contributed by atoms with Crippen molar-refractivity contribution < 1.29 is 9.50 Å². The number of imidazole rings is 1. The van der Waals surface area contributed by atoms with E-state index < -0.39 is 0 Å². The molecule has 90 valence electrons. The summed E-state index contributed by atoms with van der Waals surface area (Å²) in [6, 6.07) is 4.36. The van der Waals surface area contributed by atoms with E-state index in [1.165, 1.54) is 12.1 Å². The Hall–Kier alpha value is -1.39. The van der Waals surface area contributed by atoms with E-state index in [-0.39, 0.29) is 12.4 Å². The van der Waals surface area contributed by atoms with Gasteiger partial charge in [-0.15, -0.1) is 0 Å². The molecule has 1 aromatic carbocycles. The van der Waals surface area contributed by atoms with Crippen molar-refractivity contribution in [1.29, 1.82) is 0 Å². The molecule has 0 radical (unpaired) electrons. The number of aromatic nitrogens is 2. The lowest BCUT2D eigenvalue weighted by Crippen LogP contribution is -1.92. The van der Waals surface area contributed by atoms with Crippen LogP contribution in [0.4, 0.5) is 4.39 Å². The first-order valence-corrected chi connectivity index (χ1v) is 5.61. The van der Waals surface area contributed by atoms with Crippen LogP contribution in [0.2, 0.25) is 5.02 Å². The Balaban J connectivity index is 2.48. The smallest absolute Gasteiger partial charge is 0.132 e. The highest BCUT2D eigenvalue weighted by atomic mass is 35.5. The fourth-order valence-electron chi connectivity index (χ4n) is 1.69. The highest BCUT2D eigenvalue weighted by Gasteiger charge is 2.13. The zero-order valence-corrected chi connectivity index (χ0v) is 10.1. The standard InChI is InChI=1S/C12H12ClFN2O/c1-7-12(16-11(15-7)4-5-17)9-6-8(13)2-3-10(9)14/h2-3,6,17H,4-5H2,1H3,(H,15,16). The van der Waals surface area contributed by atoms with Crippen LogP contribution < -0.4 is 0 Å². The third kappa shape index (κ3) is 2.48. The Morgan fingerprint density at radius 2 is 2.24 bits per heavy atom. The zero-order valence-electron chi connectivity index (χ0n) is 9.30. The highest BCUT2D eigenvalue weighted by molar-refractivity contribution is 6.30. The molecule has 1 aromatic heterocycles. The first kappa shape index (κ1) is 12.1. The molecule has 0 atom stereocenters. The Bertz CT molecular complexity index is 539. The number of halogens is 2. The number of nitrogens with one attached hydrogen (secondary N) is 1. The Morgan fingerprint density at radius 3 is 2.94 bits per heavy atom. The molecule has 2 rings (SSSR count). The van der Waals surface area contributed by atoms with E-state index in [2.05, 4.69) is 9.97 Å². The molecule has 0 saturated carbocycles. The average molecular weight is 255 g/mol. The maximum Gasteiger partial charge on any atom is 0.132 e. The predicted octanol–water partition coefficient (Wildman–Crippen LogP) is 2.71. The molecule has 5 heteroatoms. The number of aryl methyl sites for hydroxylation is 1. The van der Waals surface area contributed by atoms with Crippen LogP contribution in [0.1, 0.15) is 11.5 Å². The lowest BCUT2D eigenvalue weighted by Gasteiger charge is -2.01. The van der Waals surface area contributed by atoms with Crippen molar-refractivity contribution in [3.8, 4) is 11.3 Å². The summed E-state index contributed by atoms with van der Waals surface area (Å²) in [6.07, 6.45) is 0.420. The van der Waals surface area contributed by atoms with Crippen LogP contribution in [0.25, 0.3) is 11.3 Å². The van der Waals surface area contributed by atoms with Crippen LogP contribution in [-0.2, 0) is 6.42 Å². The van der Waals surface area contributed by atoms with Gasteiger partial charge in [0.15, 0.2) is 0 Å². The minimum Gasteiger partial charge on any atom is -0.396 e. The second kappa shape index (κ2) is 4.85. The summed E-state index contributed by atoms with van der Waals surface area (Å²) in [5.74, 6) is 0.277. The van der Waals surface area contributed by atoms with Crippen molar-refractivity contribution in [3.63, 3.8) is 0 Å². The predicted molar refractivity (Wildman–Crippen MR) is 64.5 cm³/mol. The largest absolute Gasteiger partial charge is 0.396 e. The second-order valence-electron chi connectivity index (χ2n) is 3.75. The van der Waals surface area contributed by atoms with Crippen LogP contribution in [0.15, 0.2) is 18.2 Å². The van der Waals surface area contributed by atoms with E-state index in [4.69, 9.17) is 16.7 Å². The SMILES string of the molecule is Cc1[nH]c(CCO)nc1-c1cc(Cl)ccc1F. The van der Waals surface area contributed by atoms with Gasteiger partial charge in [0, 0.05) is 22.7 Å². The summed E-state index contributed by atoms with van der Waals surface area (Å²) in [5, 5.41) is 9.30. The number of nitrogens with zero attached hydrogens (tertiary/aromatic N) is 1. The third-order valence-corrected chi connectivity index (χ3v) is 2.70. The van der Waals surface area contributed by atoms with E-state index in [1.807, 2.05) is 6.92 Å². The lowest BCUT2D eigenvalue weighted by atomic mass is 10.1. The monoisotopic (exact) mass is 254 g/mol. The van der Waals surface area contributed by atoms with Gasteiger partial charge in [-0.2, -0.15) is 0 Å². The van der Waals surface area contributed by atoms with E-state index in [9.17, 15) is 4.39 Å². The van der Waals surface area contributed by atoms with Crippen molar-refractivity contribution in [2.45, 2.75) is 13.3 Å². The number of aromatic amines is 1. The molecule has 0 aliphatic carbocycles. The lowest BCUT2D eigenvalue weighted by molar-refractivity contribution is 0.297. The molecule has 2 aromatic rings. The number of hydrogen-bond donors (Lipinski definition) is 2. The normalized spacial score (nSPS) is 10.8. The Kier molecular flexibility index (Phi) is 3.45. The molecule has 0 bridgehead atoms. The highest BCUT2D eigenvalue weighted by Crippen LogP contribution is 2.27. The van der Waals surface area contributed by atoms with Gasteiger partial charge in [-0.05, 0) is 25.1 Å². The summed E-state index contributed by atoms with van der Waals surface area (Å²) in [4.78, 5) is 7.27. The molecule has 0 aliphatic heterocycles. The topological polar surface area (TPSA) is 48.9 Å². The number of aliphatic hydroxyl groups excluding tert-OH is 1. The van der Waals surface area contributed by atoms with Gasteiger partial charge in [0.1, 0.15) is 11.6 Å². The maximum absolute atomic E-state index is 13.7. The minimum absolute atomic E-state index is 0.00439. The molecule has 0 amide bonds. The van der Waals surface area contributed by atoms with Crippen molar-refractivity contribution in [1.82, 2.24) is 9.97 Å². The summed E-state index contributed by atoms with van der Waals surface area (Å²) in [6.45, 7) is 1.81. The molecule has 3 nitrogen and oxygen atoms in total. The van der Waals surface area contributed by atoms with Crippen molar-refractivity contribution >= 4 is 11.6 Å². The number of aliphatic hydroxyl groups is 1. The molecule has 0 spiro atoms. The molecular formula is C12H12ClFN2O. The van der Waals surface area contributed by atoms with E-state index in [0.29, 0.717) is 28.5 Å². The van der Waals surface area contributed by atoms with Crippen molar-refractivity contribution in [2.75, 3.05) is 6.61 Å². The Morgan fingerprint density at radius 1 is 1.47 bits per heavy atom. The van der Waals surface area contributed by atoms with Crippen LogP contribution >= 0.6 is 11.6 Å². The van der Waals surface area contributed by atoms with Gasteiger partial charge in [0.05, 0.1) is 12.3 Å². The van der Waals surface area contributed by atoms with E-state index in [0.717, 1.165) is 5.69 Å². The van der Waals surface area contributed by atoms with Gasteiger partial charge < -0.3 is 10.1 Å².